The lowest BCUT2D eigenvalue weighted by Crippen LogP contribution is -2.42. The fraction of sp³-hybridized carbons (Fsp3) is 0.667. The van der Waals surface area contributed by atoms with Gasteiger partial charge < -0.3 is 5.11 Å². The van der Waals surface area contributed by atoms with Gasteiger partial charge in [0, 0.05) is 12.6 Å². The molecule has 1 fully saturated rings. The Balaban J connectivity index is 2.28. The summed E-state index contributed by atoms with van der Waals surface area (Å²) in [5, 5.41) is 10.7. The van der Waals surface area contributed by atoms with E-state index >= 15 is 0 Å². The molecule has 0 aliphatic carbocycles. The highest BCUT2D eigenvalue weighted by molar-refractivity contribution is 7.91. The molecule has 0 amide bonds. The van der Waals surface area contributed by atoms with E-state index in [2.05, 4.69) is 0 Å². The first-order chi connectivity index (χ1) is 8.59. The largest absolute Gasteiger partial charge is 0.392 e. The van der Waals surface area contributed by atoms with Crippen LogP contribution in [0.15, 0.2) is 15.7 Å². The minimum absolute atomic E-state index is 0.108. The van der Waals surface area contributed by atoms with Gasteiger partial charge >= 0.3 is 0 Å². The molecule has 0 aromatic carbocycles. The molecule has 0 radical (unpaired) electrons. The molecule has 2 rings (SSSR count). The van der Waals surface area contributed by atoms with Gasteiger partial charge in [-0.3, -0.25) is 0 Å². The van der Waals surface area contributed by atoms with Crippen molar-refractivity contribution in [1.82, 2.24) is 4.31 Å². The standard InChI is InChI=1S/C12H19NO3S2/c1-2-11-5-3-4-6-13(11)18(15,16)12-7-10(8-14)9-17-12/h7,9,11,14H,2-6,8H2,1H3. The van der Waals surface area contributed by atoms with Gasteiger partial charge in [-0.25, -0.2) is 8.42 Å². The molecule has 0 spiro atoms. The molecule has 0 bridgehead atoms. The predicted molar refractivity (Wildman–Crippen MR) is 72.1 cm³/mol. The Hall–Kier alpha value is -0.430. The molecular formula is C12H19NO3S2. The third-order valence-electron chi connectivity index (χ3n) is 3.42. The zero-order valence-corrected chi connectivity index (χ0v) is 12.1. The number of hydrogen-bond acceptors (Lipinski definition) is 4. The van der Waals surface area contributed by atoms with Crippen LogP contribution in [-0.2, 0) is 16.6 Å². The van der Waals surface area contributed by atoms with Crippen LogP contribution in [0.25, 0.3) is 0 Å². The predicted octanol–water partition coefficient (Wildman–Crippen LogP) is 2.19. The summed E-state index contributed by atoms with van der Waals surface area (Å²) in [5.41, 5.74) is 0.670. The molecule has 102 valence electrons. The fourth-order valence-corrected chi connectivity index (χ4v) is 5.48. The van der Waals surface area contributed by atoms with E-state index in [1.54, 1.807) is 15.8 Å². The van der Waals surface area contributed by atoms with Gasteiger partial charge in [-0.1, -0.05) is 13.3 Å². The molecular weight excluding hydrogens is 270 g/mol. The maximum atomic E-state index is 12.5. The molecule has 0 saturated carbocycles. The second-order valence-corrected chi connectivity index (χ2v) is 7.63. The Morgan fingerprint density at radius 2 is 2.28 bits per heavy atom. The van der Waals surface area contributed by atoms with Crippen molar-refractivity contribution < 1.29 is 13.5 Å². The van der Waals surface area contributed by atoms with Crippen molar-refractivity contribution in [3.8, 4) is 0 Å². The first-order valence-electron chi connectivity index (χ1n) is 6.29. The van der Waals surface area contributed by atoms with E-state index in [0.29, 0.717) is 16.3 Å². The summed E-state index contributed by atoms with van der Waals surface area (Å²) in [6, 6.07) is 1.71. The number of hydrogen-bond donors (Lipinski definition) is 1. The summed E-state index contributed by atoms with van der Waals surface area (Å²) >= 11 is 1.20. The fourth-order valence-electron chi connectivity index (χ4n) is 2.39. The highest BCUT2D eigenvalue weighted by atomic mass is 32.2. The van der Waals surface area contributed by atoms with E-state index in [0.717, 1.165) is 25.7 Å². The van der Waals surface area contributed by atoms with E-state index in [-0.39, 0.29) is 12.6 Å². The highest BCUT2D eigenvalue weighted by Gasteiger charge is 2.33. The van der Waals surface area contributed by atoms with Gasteiger partial charge in [-0.2, -0.15) is 4.31 Å². The van der Waals surface area contributed by atoms with E-state index in [4.69, 9.17) is 5.11 Å². The Morgan fingerprint density at radius 1 is 1.50 bits per heavy atom. The molecule has 18 heavy (non-hydrogen) atoms. The van der Waals surface area contributed by atoms with Crippen LogP contribution in [0.2, 0.25) is 0 Å². The maximum absolute atomic E-state index is 12.5. The molecule has 1 aliphatic rings. The second-order valence-electron chi connectivity index (χ2n) is 4.61. The second kappa shape index (κ2) is 5.69. The van der Waals surface area contributed by atoms with Gasteiger partial charge in [0.05, 0.1) is 6.61 Å². The van der Waals surface area contributed by atoms with Gasteiger partial charge in [0.15, 0.2) is 0 Å². The number of aliphatic hydroxyl groups excluding tert-OH is 1. The summed E-state index contributed by atoms with van der Waals surface area (Å²) < 4.78 is 27.1. The van der Waals surface area contributed by atoms with Crippen LogP contribution in [0.4, 0.5) is 0 Å². The molecule has 1 unspecified atom stereocenters. The first-order valence-corrected chi connectivity index (χ1v) is 8.61. The lowest BCUT2D eigenvalue weighted by Gasteiger charge is -2.33. The van der Waals surface area contributed by atoms with Gasteiger partial charge in [-0.05, 0) is 36.3 Å². The van der Waals surface area contributed by atoms with Gasteiger partial charge in [-0.15, -0.1) is 11.3 Å². The zero-order chi connectivity index (χ0) is 13.2. The lowest BCUT2D eigenvalue weighted by atomic mass is 10.0. The Labute approximate surface area is 112 Å². The molecule has 1 aromatic rings. The Bertz CT molecular complexity index is 495. The smallest absolute Gasteiger partial charge is 0.252 e. The third-order valence-corrected chi connectivity index (χ3v) is 6.84. The van der Waals surface area contributed by atoms with E-state index in [9.17, 15) is 8.42 Å². The number of aliphatic hydroxyl groups is 1. The van der Waals surface area contributed by atoms with E-state index in [1.165, 1.54) is 11.3 Å². The number of sulfonamides is 1. The summed E-state index contributed by atoms with van der Waals surface area (Å²) in [6.45, 7) is 2.54. The lowest BCUT2D eigenvalue weighted by molar-refractivity contribution is 0.247. The molecule has 1 N–H and O–H groups in total. The van der Waals surface area contributed by atoms with Crippen molar-refractivity contribution in [3.05, 3.63) is 17.0 Å². The molecule has 1 aliphatic heterocycles. The number of rotatable bonds is 4. The topological polar surface area (TPSA) is 57.6 Å². The molecule has 6 heteroatoms. The van der Waals surface area contributed by atoms with Crippen molar-refractivity contribution in [3.63, 3.8) is 0 Å². The van der Waals surface area contributed by atoms with Crippen molar-refractivity contribution in [2.75, 3.05) is 6.54 Å². The molecule has 1 aromatic heterocycles. The Morgan fingerprint density at radius 3 is 2.89 bits per heavy atom. The molecule has 2 heterocycles. The quantitative estimate of drug-likeness (QED) is 0.924. The van der Waals surface area contributed by atoms with E-state index in [1.807, 2.05) is 6.92 Å². The minimum atomic E-state index is -3.37. The normalized spacial score (nSPS) is 22.2. The van der Waals surface area contributed by atoms with Crippen molar-refractivity contribution >= 4 is 21.4 Å². The van der Waals surface area contributed by atoms with Crippen LogP contribution >= 0.6 is 11.3 Å². The van der Waals surface area contributed by atoms with Crippen molar-refractivity contribution in [1.29, 1.82) is 0 Å². The minimum Gasteiger partial charge on any atom is -0.392 e. The summed E-state index contributed by atoms with van der Waals surface area (Å²) in [7, 11) is -3.37. The SMILES string of the molecule is CCC1CCCCN1S(=O)(=O)c1cc(CO)cs1. The first kappa shape index (κ1) is 14.0. The molecule has 1 saturated heterocycles. The van der Waals surface area contributed by atoms with Crippen molar-refractivity contribution in [2.45, 2.75) is 49.5 Å². The van der Waals surface area contributed by atoms with Crippen molar-refractivity contribution in [2.24, 2.45) is 0 Å². The number of piperidine rings is 1. The van der Waals surface area contributed by atoms with E-state index < -0.39 is 10.0 Å². The summed E-state index contributed by atoms with van der Waals surface area (Å²) in [5.74, 6) is 0. The van der Waals surface area contributed by atoms with Crippen LogP contribution in [0.3, 0.4) is 0 Å². The average Bonchev–Trinajstić information content (AvgIpc) is 2.88. The van der Waals surface area contributed by atoms with Crippen LogP contribution in [0.1, 0.15) is 38.2 Å². The number of thiophene rings is 1. The Kier molecular flexibility index (Phi) is 4.42. The summed E-state index contributed by atoms with van der Waals surface area (Å²) in [6.07, 6.45) is 3.86. The number of nitrogens with zero attached hydrogens (tertiary/aromatic N) is 1. The van der Waals surface area contributed by atoms with Gasteiger partial charge in [0.25, 0.3) is 10.0 Å². The maximum Gasteiger partial charge on any atom is 0.252 e. The monoisotopic (exact) mass is 289 g/mol. The summed E-state index contributed by atoms with van der Waals surface area (Å²) in [4.78, 5) is 0. The van der Waals surface area contributed by atoms with Crippen LogP contribution in [0.5, 0.6) is 0 Å². The average molecular weight is 289 g/mol. The molecule has 1 atom stereocenters. The third kappa shape index (κ3) is 2.61. The van der Waals surface area contributed by atoms with Crippen LogP contribution in [-0.4, -0.2) is 30.4 Å². The van der Waals surface area contributed by atoms with Gasteiger partial charge in [0.1, 0.15) is 4.21 Å². The van der Waals surface area contributed by atoms with Crippen LogP contribution < -0.4 is 0 Å². The highest BCUT2D eigenvalue weighted by Crippen LogP contribution is 2.30. The van der Waals surface area contributed by atoms with Crippen LogP contribution in [0, 0.1) is 0 Å². The zero-order valence-electron chi connectivity index (χ0n) is 10.5. The molecule has 4 nitrogen and oxygen atoms in total. The van der Waals surface area contributed by atoms with Gasteiger partial charge in [0.2, 0.25) is 0 Å².